The Bertz CT molecular complexity index is 474. The third-order valence-corrected chi connectivity index (χ3v) is 2.47. The average molecular weight is 279 g/mol. The highest BCUT2D eigenvalue weighted by Crippen LogP contribution is 2.15. The van der Waals surface area contributed by atoms with Crippen LogP contribution in [0.3, 0.4) is 0 Å². The molecule has 0 spiro atoms. The van der Waals surface area contributed by atoms with Crippen LogP contribution in [0.5, 0.6) is 5.88 Å². The van der Waals surface area contributed by atoms with Gasteiger partial charge in [-0.2, -0.15) is 0 Å². The van der Waals surface area contributed by atoms with Gasteiger partial charge in [0.2, 0.25) is 5.88 Å². The van der Waals surface area contributed by atoms with E-state index in [2.05, 4.69) is 25.9 Å². The minimum atomic E-state index is 0.512. The molecular weight excluding hydrogens is 268 g/mol. The summed E-state index contributed by atoms with van der Waals surface area (Å²) in [5.74, 6) is 0.576. The topological polar surface area (TPSA) is 35.0 Å². The Labute approximate surface area is 103 Å². The van der Waals surface area contributed by atoms with E-state index in [0.29, 0.717) is 12.5 Å². The van der Waals surface area contributed by atoms with Gasteiger partial charge in [0.1, 0.15) is 16.9 Å². The van der Waals surface area contributed by atoms with Crippen molar-refractivity contribution < 1.29 is 4.74 Å². The molecule has 1 heterocycles. The van der Waals surface area contributed by atoms with Crippen LogP contribution in [0.25, 0.3) is 0 Å². The van der Waals surface area contributed by atoms with E-state index >= 15 is 0 Å². The number of halogens is 1. The number of rotatable bonds is 3. The zero-order chi connectivity index (χ0) is 11.4. The predicted octanol–water partition coefficient (Wildman–Crippen LogP) is 3.13. The monoisotopic (exact) mass is 278 g/mol. The van der Waals surface area contributed by atoms with Gasteiger partial charge in [-0.1, -0.05) is 30.3 Å². The molecule has 0 aliphatic carbocycles. The van der Waals surface area contributed by atoms with Crippen LogP contribution >= 0.6 is 15.9 Å². The van der Waals surface area contributed by atoms with Crippen molar-refractivity contribution in [3.05, 3.63) is 52.4 Å². The summed E-state index contributed by atoms with van der Waals surface area (Å²) in [6.07, 6.45) is 1.63. The average Bonchev–Trinajstić information content (AvgIpc) is 2.29. The Balaban J connectivity index is 2.05. The number of aryl methyl sites for hydroxylation is 1. The molecule has 0 atom stereocenters. The number of hydrogen-bond acceptors (Lipinski definition) is 3. The number of hydrogen-bond donors (Lipinski definition) is 0. The van der Waals surface area contributed by atoms with E-state index in [9.17, 15) is 0 Å². The molecule has 0 saturated heterocycles. The van der Waals surface area contributed by atoms with Crippen molar-refractivity contribution >= 4 is 15.9 Å². The minimum absolute atomic E-state index is 0.512. The standard InChI is InChI=1S/C12H11BrN2O/c1-9-12(14-7-11(13)15-9)16-8-10-5-3-2-4-6-10/h2-7H,8H2,1H3. The highest BCUT2D eigenvalue weighted by Gasteiger charge is 2.03. The summed E-state index contributed by atoms with van der Waals surface area (Å²) in [4.78, 5) is 8.38. The first kappa shape index (κ1) is 11.1. The number of benzene rings is 1. The van der Waals surface area contributed by atoms with E-state index < -0.39 is 0 Å². The molecule has 4 heteroatoms. The van der Waals surface area contributed by atoms with Gasteiger partial charge in [-0.25, -0.2) is 9.97 Å². The quantitative estimate of drug-likeness (QED) is 0.865. The fraction of sp³-hybridized carbons (Fsp3) is 0.167. The van der Waals surface area contributed by atoms with Crippen LogP contribution in [0, 0.1) is 6.92 Å². The first-order valence-electron chi connectivity index (χ1n) is 4.91. The van der Waals surface area contributed by atoms with Gasteiger partial charge in [-0.15, -0.1) is 0 Å². The molecule has 0 N–H and O–H groups in total. The smallest absolute Gasteiger partial charge is 0.235 e. The zero-order valence-corrected chi connectivity index (χ0v) is 10.4. The largest absolute Gasteiger partial charge is 0.472 e. The van der Waals surface area contributed by atoms with Gasteiger partial charge in [0.25, 0.3) is 0 Å². The minimum Gasteiger partial charge on any atom is -0.472 e. The Morgan fingerprint density at radius 3 is 2.69 bits per heavy atom. The predicted molar refractivity (Wildman–Crippen MR) is 65.2 cm³/mol. The van der Waals surface area contributed by atoms with Gasteiger partial charge in [0.05, 0.1) is 6.20 Å². The molecule has 2 aromatic rings. The van der Waals surface area contributed by atoms with Gasteiger partial charge >= 0.3 is 0 Å². The first-order valence-corrected chi connectivity index (χ1v) is 5.71. The van der Waals surface area contributed by atoms with E-state index in [1.54, 1.807) is 6.20 Å². The Kier molecular flexibility index (Phi) is 3.51. The highest BCUT2D eigenvalue weighted by molar-refractivity contribution is 9.10. The lowest BCUT2D eigenvalue weighted by molar-refractivity contribution is 0.289. The van der Waals surface area contributed by atoms with Gasteiger partial charge in [-0.05, 0) is 28.4 Å². The summed E-state index contributed by atoms with van der Waals surface area (Å²) in [6.45, 7) is 2.38. The maximum Gasteiger partial charge on any atom is 0.235 e. The molecule has 0 saturated carbocycles. The molecule has 0 radical (unpaired) electrons. The van der Waals surface area contributed by atoms with Crippen molar-refractivity contribution in [3.63, 3.8) is 0 Å². The number of ether oxygens (including phenoxy) is 1. The van der Waals surface area contributed by atoms with Crippen LogP contribution < -0.4 is 4.74 Å². The highest BCUT2D eigenvalue weighted by atomic mass is 79.9. The second-order valence-corrected chi connectivity index (χ2v) is 4.17. The molecule has 0 aliphatic rings. The van der Waals surface area contributed by atoms with Crippen LogP contribution in [0.1, 0.15) is 11.3 Å². The molecule has 1 aromatic carbocycles. The molecule has 0 unspecified atom stereocenters. The molecule has 1 aromatic heterocycles. The maximum atomic E-state index is 5.58. The molecule has 3 nitrogen and oxygen atoms in total. The summed E-state index contributed by atoms with van der Waals surface area (Å²) >= 11 is 3.26. The summed E-state index contributed by atoms with van der Waals surface area (Å²) in [5.41, 5.74) is 1.90. The molecule has 0 amide bonds. The lowest BCUT2D eigenvalue weighted by Gasteiger charge is -2.07. The molecule has 0 aliphatic heterocycles. The van der Waals surface area contributed by atoms with Crippen molar-refractivity contribution in [1.82, 2.24) is 9.97 Å². The van der Waals surface area contributed by atoms with Crippen LogP contribution in [0.4, 0.5) is 0 Å². The third kappa shape index (κ3) is 2.79. The van der Waals surface area contributed by atoms with E-state index in [1.165, 1.54) is 0 Å². The fourth-order valence-electron chi connectivity index (χ4n) is 1.31. The van der Waals surface area contributed by atoms with Gasteiger partial charge in [-0.3, -0.25) is 0 Å². The SMILES string of the molecule is Cc1nc(Br)cnc1OCc1ccccc1. The van der Waals surface area contributed by atoms with Crippen molar-refractivity contribution in [2.45, 2.75) is 13.5 Å². The Hall–Kier alpha value is -1.42. The van der Waals surface area contributed by atoms with Crippen LogP contribution in [0.15, 0.2) is 41.1 Å². The molecular formula is C12H11BrN2O. The van der Waals surface area contributed by atoms with Gasteiger partial charge in [0.15, 0.2) is 0 Å². The lowest BCUT2D eigenvalue weighted by atomic mass is 10.2. The van der Waals surface area contributed by atoms with Crippen molar-refractivity contribution in [2.75, 3.05) is 0 Å². The fourth-order valence-corrected chi connectivity index (χ4v) is 1.68. The molecule has 82 valence electrons. The van der Waals surface area contributed by atoms with Gasteiger partial charge in [0, 0.05) is 0 Å². The van der Waals surface area contributed by atoms with Crippen LogP contribution in [0.2, 0.25) is 0 Å². The summed E-state index contributed by atoms with van der Waals surface area (Å²) < 4.78 is 6.30. The number of nitrogens with zero attached hydrogens (tertiary/aromatic N) is 2. The first-order chi connectivity index (χ1) is 7.75. The summed E-state index contributed by atoms with van der Waals surface area (Å²) in [6, 6.07) is 9.98. The van der Waals surface area contributed by atoms with Gasteiger partial charge < -0.3 is 4.74 Å². The molecule has 0 bridgehead atoms. The summed E-state index contributed by atoms with van der Waals surface area (Å²) in [7, 11) is 0. The molecule has 16 heavy (non-hydrogen) atoms. The number of aromatic nitrogens is 2. The van der Waals surface area contributed by atoms with Crippen molar-refractivity contribution in [3.8, 4) is 5.88 Å². The van der Waals surface area contributed by atoms with Crippen LogP contribution in [-0.2, 0) is 6.61 Å². The Morgan fingerprint density at radius 2 is 2.00 bits per heavy atom. The van der Waals surface area contributed by atoms with E-state index in [0.717, 1.165) is 15.9 Å². The molecule has 0 fully saturated rings. The maximum absolute atomic E-state index is 5.58. The van der Waals surface area contributed by atoms with Crippen LogP contribution in [-0.4, -0.2) is 9.97 Å². The zero-order valence-electron chi connectivity index (χ0n) is 8.85. The third-order valence-electron chi connectivity index (χ3n) is 2.09. The second kappa shape index (κ2) is 5.07. The van der Waals surface area contributed by atoms with E-state index in [-0.39, 0.29) is 0 Å². The van der Waals surface area contributed by atoms with E-state index in [4.69, 9.17) is 4.74 Å². The summed E-state index contributed by atoms with van der Waals surface area (Å²) in [5, 5.41) is 0. The van der Waals surface area contributed by atoms with Crippen molar-refractivity contribution in [1.29, 1.82) is 0 Å². The molecule has 2 rings (SSSR count). The van der Waals surface area contributed by atoms with Crippen molar-refractivity contribution in [2.24, 2.45) is 0 Å². The van der Waals surface area contributed by atoms with E-state index in [1.807, 2.05) is 37.3 Å². The second-order valence-electron chi connectivity index (χ2n) is 3.36. The normalized spacial score (nSPS) is 10.1. The lowest BCUT2D eigenvalue weighted by Crippen LogP contribution is -2.00. The Morgan fingerprint density at radius 1 is 1.25 bits per heavy atom.